The molecule has 0 amide bonds. The second-order valence-corrected chi connectivity index (χ2v) is 8.32. The molecular formula is C10H9BrCl2O2S. The van der Waals surface area contributed by atoms with Crippen LogP contribution >= 0.6 is 38.2 Å². The first-order valence-corrected chi connectivity index (χ1v) is 8.20. The van der Waals surface area contributed by atoms with Crippen LogP contribution in [-0.4, -0.2) is 13.2 Å². The maximum absolute atomic E-state index is 11.4. The van der Waals surface area contributed by atoms with Gasteiger partial charge in [-0.1, -0.05) is 33.6 Å². The van der Waals surface area contributed by atoms with Gasteiger partial charge in [-0.3, -0.25) is 0 Å². The van der Waals surface area contributed by atoms with E-state index in [2.05, 4.69) is 15.9 Å². The van der Waals surface area contributed by atoms with E-state index in [-0.39, 0.29) is 0 Å². The van der Waals surface area contributed by atoms with Crippen LogP contribution in [0.1, 0.15) is 18.4 Å². The highest BCUT2D eigenvalue weighted by atomic mass is 79.9. The second-order valence-electron chi connectivity index (χ2n) is 4.03. The van der Waals surface area contributed by atoms with E-state index in [0.717, 1.165) is 10.0 Å². The standard InChI is InChI=1S/C10H9BrCl2O2S/c11-8-2-1-7(9(12)5-8)6-10(3-4-10)16(13,14)15/h1-2,5H,3-4,6H2. The van der Waals surface area contributed by atoms with Crippen molar-refractivity contribution >= 4 is 47.3 Å². The molecule has 6 heteroatoms. The molecule has 0 radical (unpaired) electrons. The summed E-state index contributed by atoms with van der Waals surface area (Å²) in [7, 11) is 1.93. The molecule has 0 aliphatic heterocycles. The van der Waals surface area contributed by atoms with Crippen molar-refractivity contribution < 1.29 is 8.42 Å². The Kier molecular flexibility index (Phi) is 3.30. The van der Waals surface area contributed by atoms with Gasteiger partial charge in [-0.25, -0.2) is 8.42 Å². The van der Waals surface area contributed by atoms with Crippen molar-refractivity contribution in [1.29, 1.82) is 0 Å². The summed E-state index contributed by atoms with van der Waals surface area (Å²) in [4.78, 5) is 0. The van der Waals surface area contributed by atoms with Crippen LogP contribution in [0, 0.1) is 0 Å². The smallest absolute Gasteiger partial charge is 0.212 e. The molecule has 0 spiro atoms. The van der Waals surface area contributed by atoms with Crippen LogP contribution in [0.3, 0.4) is 0 Å². The highest BCUT2D eigenvalue weighted by molar-refractivity contribution is 9.10. The first-order valence-electron chi connectivity index (χ1n) is 4.72. The Morgan fingerprint density at radius 3 is 2.44 bits per heavy atom. The molecule has 1 fully saturated rings. The third kappa shape index (κ3) is 2.40. The average Bonchev–Trinajstić information content (AvgIpc) is 2.90. The zero-order chi connectivity index (χ0) is 12.0. The molecule has 0 bridgehead atoms. The van der Waals surface area contributed by atoms with Gasteiger partial charge < -0.3 is 0 Å². The van der Waals surface area contributed by atoms with Crippen molar-refractivity contribution in [2.75, 3.05) is 0 Å². The lowest BCUT2D eigenvalue weighted by atomic mass is 10.1. The molecule has 1 aliphatic rings. The Labute approximate surface area is 112 Å². The lowest BCUT2D eigenvalue weighted by Gasteiger charge is -2.12. The zero-order valence-electron chi connectivity index (χ0n) is 8.21. The maximum atomic E-state index is 11.4. The summed E-state index contributed by atoms with van der Waals surface area (Å²) >= 11 is 9.35. The Morgan fingerprint density at radius 1 is 1.38 bits per heavy atom. The van der Waals surface area contributed by atoms with Gasteiger partial charge in [-0.15, -0.1) is 0 Å². The fourth-order valence-corrected chi connectivity index (χ4v) is 3.94. The number of rotatable bonds is 3. The Hall–Kier alpha value is 0.230. The van der Waals surface area contributed by atoms with Gasteiger partial charge >= 0.3 is 0 Å². The molecule has 2 nitrogen and oxygen atoms in total. The first kappa shape index (κ1) is 12.7. The van der Waals surface area contributed by atoms with E-state index >= 15 is 0 Å². The summed E-state index contributed by atoms with van der Waals surface area (Å²) in [5, 5.41) is 0.570. The van der Waals surface area contributed by atoms with Gasteiger partial charge in [0.2, 0.25) is 9.05 Å². The van der Waals surface area contributed by atoms with Gasteiger partial charge in [0.15, 0.2) is 0 Å². The largest absolute Gasteiger partial charge is 0.238 e. The number of hydrogen-bond acceptors (Lipinski definition) is 2. The summed E-state index contributed by atoms with van der Waals surface area (Å²) in [5.74, 6) is 0. The van der Waals surface area contributed by atoms with Crippen LogP contribution < -0.4 is 0 Å². The number of benzene rings is 1. The van der Waals surface area contributed by atoms with Crippen LogP contribution in [0.2, 0.25) is 5.02 Å². The summed E-state index contributed by atoms with van der Waals surface area (Å²) in [6, 6.07) is 5.43. The van der Waals surface area contributed by atoms with Crippen molar-refractivity contribution in [1.82, 2.24) is 0 Å². The van der Waals surface area contributed by atoms with Crippen LogP contribution in [0.15, 0.2) is 22.7 Å². The summed E-state index contributed by atoms with van der Waals surface area (Å²) < 4.78 is 22.9. The number of hydrogen-bond donors (Lipinski definition) is 0. The third-order valence-electron chi connectivity index (χ3n) is 2.85. The molecule has 0 heterocycles. The van der Waals surface area contributed by atoms with E-state index in [1.807, 2.05) is 12.1 Å². The van der Waals surface area contributed by atoms with Gasteiger partial charge in [-0.05, 0) is 37.0 Å². The van der Waals surface area contributed by atoms with E-state index in [4.69, 9.17) is 22.3 Å². The molecule has 88 valence electrons. The molecule has 0 saturated heterocycles. The van der Waals surface area contributed by atoms with E-state index in [9.17, 15) is 8.42 Å². The van der Waals surface area contributed by atoms with Crippen molar-refractivity contribution in [3.8, 4) is 0 Å². The van der Waals surface area contributed by atoms with Crippen LogP contribution in [0.4, 0.5) is 0 Å². The fourth-order valence-electron chi connectivity index (χ4n) is 1.66. The predicted molar refractivity (Wildman–Crippen MR) is 69.6 cm³/mol. The van der Waals surface area contributed by atoms with Crippen molar-refractivity contribution in [2.45, 2.75) is 24.0 Å². The van der Waals surface area contributed by atoms with Crippen molar-refractivity contribution in [3.63, 3.8) is 0 Å². The van der Waals surface area contributed by atoms with Crippen molar-refractivity contribution in [2.24, 2.45) is 0 Å². The van der Waals surface area contributed by atoms with Crippen LogP contribution in [-0.2, 0) is 15.5 Å². The maximum Gasteiger partial charge on any atom is 0.238 e. The van der Waals surface area contributed by atoms with Crippen LogP contribution in [0.5, 0.6) is 0 Å². The molecule has 1 aromatic carbocycles. The van der Waals surface area contributed by atoms with E-state index < -0.39 is 13.8 Å². The highest BCUT2D eigenvalue weighted by Gasteiger charge is 2.53. The van der Waals surface area contributed by atoms with Crippen molar-refractivity contribution in [3.05, 3.63) is 33.3 Å². The molecule has 0 atom stereocenters. The lowest BCUT2D eigenvalue weighted by molar-refractivity contribution is 0.590. The SMILES string of the molecule is O=S(=O)(Cl)C1(Cc2ccc(Br)cc2Cl)CC1. The molecule has 2 rings (SSSR count). The summed E-state index contributed by atoms with van der Waals surface area (Å²) in [5.41, 5.74) is 0.826. The third-order valence-corrected chi connectivity index (χ3v) is 6.27. The Balaban J connectivity index is 2.29. The predicted octanol–water partition coefficient (Wildman–Crippen LogP) is 3.75. The Bertz CT molecular complexity index is 524. The second kappa shape index (κ2) is 4.16. The molecule has 0 unspecified atom stereocenters. The fraction of sp³-hybridized carbons (Fsp3) is 0.400. The van der Waals surface area contributed by atoms with Gasteiger partial charge in [0.1, 0.15) is 0 Å². The monoisotopic (exact) mass is 342 g/mol. The highest BCUT2D eigenvalue weighted by Crippen LogP contribution is 2.48. The van der Waals surface area contributed by atoms with E-state index in [0.29, 0.717) is 24.3 Å². The molecule has 1 aliphatic carbocycles. The minimum atomic E-state index is -3.51. The van der Waals surface area contributed by atoms with Gasteiger partial charge in [-0.2, -0.15) is 0 Å². The van der Waals surface area contributed by atoms with E-state index in [1.54, 1.807) is 6.07 Å². The van der Waals surface area contributed by atoms with Gasteiger partial charge in [0.05, 0.1) is 4.75 Å². The Morgan fingerprint density at radius 2 is 2.00 bits per heavy atom. The zero-order valence-corrected chi connectivity index (χ0v) is 12.1. The normalized spacial score (nSPS) is 18.4. The molecule has 1 aromatic rings. The summed E-state index contributed by atoms with van der Waals surface area (Å²) in [6.07, 6.45) is 1.63. The van der Waals surface area contributed by atoms with E-state index in [1.165, 1.54) is 0 Å². The number of halogens is 3. The molecule has 0 aromatic heterocycles. The van der Waals surface area contributed by atoms with Crippen LogP contribution in [0.25, 0.3) is 0 Å². The average molecular weight is 344 g/mol. The quantitative estimate of drug-likeness (QED) is 0.783. The molecule has 1 saturated carbocycles. The minimum absolute atomic E-state index is 0.394. The lowest BCUT2D eigenvalue weighted by Crippen LogP contribution is -2.21. The van der Waals surface area contributed by atoms with Gasteiger partial charge in [0.25, 0.3) is 0 Å². The first-order chi connectivity index (χ1) is 7.34. The topological polar surface area (TPSA) is 34.1 Å². The van der Waals surface area contributed by atoms with Gasteiger partial charge in [0, 0.05) is 20.2 Å². The molecule has 0 N–H and O–H groups in total. The molecular weight excluding hydrogens is 335 g/mol. The minimum Gasteiger partial charge on any atom is -0.212 e. The molecule has 16 heavy (non-hydrogen) atoms. The summed E-state index contributed by atoms with van der Waals surface area (Å²) in [6.45, 7) is 0.